The first-order chi connectivity index (χ1) is 7.72. The summed E-state index contributed by atoms with van der Waals surface area (Å²) in [5, 5.41) is 0. The van der Waals surface area contributed by atoms with Crippen LogP contribution in [0.5, 0.6) is 0 Å². The van der Waals surface area contributed by atoms with Crippen molar-refractivity contribution in [2.45, 2.75) is 6.54 Å². The van der Waals surface area contributed by atoms with Crippen molar-refractivity contribution < 1.29 is 0 Å². The van der Waals surface area contributed by atoms with Gasteiger partial charge in [-0.05, 0) is 23.3 Å². The van der Waals surface area contributed by atoms with Gasteiger partial charge in [0.25, 0.3) is 0 Å². The first-order valence-electron chi connectivity index (χ1n) is 5.15. The van der Waals surface area contributed by atoms with Crippen LogP contribution in [0.4, 0.5) is 11.4 Å². The average Bonchev–Trinajstić information content (AvgIpc) is 2.30. The van der Waals surface area contributed by atoms with Crippen molar-refractivity contribution in [1.82, 2.24) is 0 Å². The molecule has 0 saturated heterocycles. The van der Waals surface area contributed by atoms with Crippen molar-refractivity contribution in [3.8, 4) is 11.1 Å². The van der Waals surface area contributed by atoms with Crippen LogP contribution in [0.25, 0.3) is 11.1 Å². The van der Waals surface area contributed by atoms with Gasteiger partial charge in [-0.25, -0.2) is 0 Å². The van der Waals surface area contributed by atoms with Crippen LogP contribution < -0.4 is 17.2 Å². The van der Waals surface area contributed by atoms with Gasteiger partial charge >= 0.3 is 0 Å². The molecule has 0 aliphatic rings. The van der Waals surface area contributed by atoms with Gasteiger partial charge < -0.3 is 17.2 Å². The van der Waals surface area contributed by atoms with Gasteiger partial charge in [-0.2, -0.15) is 0 Å². The number of hydrogen-bond acceptors (Lipinski definition) is 3. The third kappa shape index (κ3) is 1.85. The number of nitrogens with two attached hydrogens (primary N) is 3. The van der Waals surface area contributed by atoms with Crippen molar-refractivity contribution >= 4 is 11.4 Å². The van der Waals surface area contributed by atoms with E-state index in [-0.39, 0.29) is 0 Å². The van der Waals surface area contributed by atoms with Crippen LogP contribution in [-0.2, 0) is 6.54 Å². The summed E-state index contributed by atoms with van der Waals surface area (Å²) >= 11 is 0. The van der Waals surface area contributed by atoms with Gasteiger partial charge in [0.05, 0.1) is 0 Å². The summed E-state index contributed by atoms with van der Waals surface area (Å²) in [4.78, 5) is 0. The second-order valence-corrected chi connectivity index (χ2v) is 3.70. The quantitative estimate of drug-likeness (QED) is 0.667. The molecule has 2 aromatic carbocycles. The maximum absolute atomic E-state index is 5.91. The molecule has 3 nitrogen and oxygen atoms in total. The van der Waals surface area contributed by atoms with Gasteiger partial charge in [-0.15, -0.1) is 0 Å². The Morgan fingerprint density at radius 1 is 0.812 bits per heavy atom. The molecule has 0 amide bonds. The van der Waals surface area contributed by atoms with Crippen molar-refractivity contribution in [3.63, 3.8) is 0 Å². The minimum Gasteiger partial charge on any atom is -0.398 e. The summed E-state index contributed by atoms with van der Waals surface area (Å²) < 4.78 is 0. The second-order valence-electron chi connectivity index (χ2n) is 3.70. The largest absolute Gasteiger partial charge is 0.398 e. The lowest BCUT2D eigenvalue weighted by atomic mass is 10.0. The maximum atomic E-state index is 5.91. The van der Waals surface area contributed by atoms with E-state index in [1.807, 2.05) is 42.5 Å². The fraction of sp³-hybridized carbons (Fsp3) is 0.0769. The molecule has 0 radical (unpaired) electrons. The summed E-state index contributed by atoms with van der Waals surface area (Å²) in [7, 11) is 0. The molecule has 6 N–H and O–H groups in total. The van der Waals surface area contributed by atoms with Gasteiger partial charge in [0, 0.05) is 23.5 Å². The predicted molar refractivity (Wildman–Crippen MR) is 68.6 cm³/mol. The normalized spacial score (nSPS) is 10.3. The molecule has 2 aromatic rings. The molecule has 0 spiro atoms. The van der Waals surface area contributed by atoms with Gasteiger partial charge in [-0.1, -0.05) is 30.3 Å². The lowest BCUT2D eigenvalue weighted by Gasteiger charge is -2.10. The van der Waals surface area contributed by atoms with Crippen molar-refractivity contribution in [3.05, 3.63) is 48.0 Å². The van der Waals surface area contributed by atoms with E-state index in [1.54, 1.807) is 0 Å². The highest BCUT2D eigenvalue weighted by atomic mass is 14.7. The van der Waals surface area contributed by atoms with E-state index < -0.39 is 0 Å². The van der Waals surface area contributed by atoms with Crippen LogP contribution in [-0.4, -0.2) is 0 Å². The maximum Gasteiger partial charge on any atom is 0.0386 e. The Hall–Kier alpha value is -2.00. The van der Waals surface area contributed by atoms with E-state index in [1.165, 1.54) is 0 Å². The van der Waals surface area contributed by atoms with Gasteiger partial charge in [0.1, 0.15) is 0 Å². The van der Waals surface area contributed by atoms with Crippen LogP contribution in [0, 0.1) is 0 Å². The molecule has 82 valence electrons. The summed E-state index contributed by atoms with van der Waals surface area (Å²) in [5.41, 5.74) is 21.7. The summed E-state index contributed by atoms with van der Waals surface area (Å²) in [6.07, 6.45) is 0. The van der Waals surface area contributed by atoms with Crippen LogP contribution in [0.2, 0.25) is 0 Å². The number of nitrogen functional groups attached to an aromatic ring is 2. The Bertz CT molecular complexity index is 469. The topological polar surface area (TPSA) is 78.1 Å². The molecular formula is C13H15N3. The summed E-state index contributed by atoms with van der Waals surface area (Å²) in [6.45, 7) is 0.368. The van der Waals surface area contributed by atoms with Gasteiger partial charge in [0.2, 0.25) is 0 Å². The first kappa shape index (κ1) is 10.5. The Labute approximate surface area is 94.9 Å². The van der Waals surface area contributed by atoms with E-state index in [0.29, 0.717) is 17.9 Å². The number of anilines is 2. The Balaban J connectivity index is 2.53. The molecule has 2 rings (SSSR count). The summed E-state index contributed by atoms with van der Waals surface area (Å²) in [5.74, 6) is 0. The molecule has 16 heavy (non-hydrogen) atoms. The number of rotatable bonds is 2. The Morgan fingerprint density at radius 3 is 1.88 bits per heavy atom. The van der Waals surface area contributed by atoms with Crippen LogP contribution >= 0.6 is 0 Å². The molecule has 0 atom stereocenters. The SMILES string of the molecule is NCc1c(N)cc(-c2ccccc2)cc1N. The van der Waals surface area contributed by atoms with E-state index >= 15 is 0 Å². The molecular weight excluding hydrogens is 198 g/mol. The van der Waals surface area contributed by atoms with E-state index in [4.69, 9.17) is 17.2 Å². The molecule has 0 heterocycles. The zero-order valence-electron chi connectivity index (χ0n) is 8.98. The third-order valence-electron chi connectivity index (χ3n) is 2.63. The average molecular weight is 213 g/mol. The zero-order chi connectivity index (χ0) is 11.5. The van der Waals surface area contributed by atoms with Crippen LogP contribution in [0.1, 0.15) is 5.56 Å². The number of hydrogen-bond donors (Lipinski definition) is 3. The Kier molecular flexibility index (Phi) is 2.79. The molecule has 0 aliphatic carbocycles. The van der Waals surface area contributed by atoms with E-state index in [2.05, 4.69) is 0 Å². The molecule has 0 aromatic heterocycles. The van der Waals surface area contributed by atoms with Crippen molar-refractivity contribution in [1.29, 1.82) is 0 Å². The van der Waals surface area contributed by atoms with Crippen molar-refractivity contribution in [2.24, 2.45) is 5.73 Å². The van der Waals surface area contributed by atoms with Crippen molar-refractivity contribution in [2.75, 3.05) is 11.5 Å². The van der Waals surface area contributed by atoms with E-state index in [9.17, 15) is 0 Å². The second kappa shape index (κ2) is 4.24. The Morgan fingerprint density at radius 2 is 1.38 bits per heavy atom. The lowest BCUT2D eigenvalue weighted by Crippen LogP contribution is -2.06. The molecule has 0 fully saturated rings. The molecule has 0 saturated carbocycles. The standard InChI is InChI=1S/C13H15N3/c14-8-11-12(15)6-10(7-13(11)16)9-4-2-1-3-5-9/h1-7H,8,14-16H2. The minimum absolute atomic E-state index is 0.368. The highest BCUT2D eigenvalue weighted by Crippen LogP contribution is 2.28. The highest BCUT2D eigenvalue weighted by Gasteiger charge is 2.06. The fourth-order valence-corrected chi connectivity index (χ4v) is 1.75. The monoisotopic (exact) mass is 213 g/mol. The van der Waals surface area contributed by atoms with Crippen LogP contribution in [0.3, 0.4) is 0 Å². The molecule has 0 aliphatic heterocycles. The molecule has 3 heteroatoms. The summed E-state index contributed by atoms with van der Waals surface area (Å²) in [6, 6.07) is 13.8. The number of benzene rings is 2. The van der Waals surface area contributed by atoms with E-state index in [0.717, 1.165) is 16.7 Å². The third-order valence-corrected chi connectivity index (χ3v) is 2.63. The zero-order valence-corrected chi connectivity index (χ0v) is 8.98. The smallest absolute Gasteiger partial charge is 0.0386 e. The minimum atomic E-state index is 0.368. The highest BCUT2D eigenvalue weighted by molar-refractivity contribution is 5.75. The van der Waals surface area contributed by atoms with Gasteiger partial charge in [-0.3, -0.25) is 0 Å². The lowest BCUT2D eigenvalue weighted by molar-refractivity contribution is 1.08. The predicted octanol–water partition coefficient (Wildman–Crippen LogP) is 1.98. The molecule has 0 unspecified atom stereocenters. The molecule has 0 bridgehead atoms. The fourth-order valence-electron chi connectivity index (χ4n) is 1.75. The van der Waals surface area contributed by atoms with Crippen LogP contribution in [0.15, 0.2) is 42.5 Å². The van der Waals surface area contributed by atoms with Gasteiger partial charge in [0.15, 0.2) is 0 Å². The first-order valence-corrected chi connectivity index (χ1v) is 5.15.